The number of nitrogens with zero attached hydrogens (tertiary/aromatic N) is 4. The average molecular weight is 357 g/mol. The molecule has 0 radical (unpaired) electrons. The first kappa shape index (κ1) is 17.3. The molecule has 134 valence electrons. The zero-order chi connectivity index (χ0) is 18.5. The summed E-state index contributed by atoms with van der Waals surface area (Å²) in [5.41, 5.74) is 0.824. The molecule has 8 nitrogen and oxygen atoms in total. The quantitative estimate of drug-likeness (QED) is 0.673. The van der Waals surface area contributed by atoms with E-state index in [1.54, 1.807) is 29.1 Å². The van der Waals surface area contributed by atoms with Crippen molar-refractivity contribution in [3.63, 3.8) is 0 Å². The summed E-state index contributed by atoms with van der Waals surface area (Å²) in [4.78, 5) is 22.7. The fourth-order valence-corrected chi connectivity index (χ4v) is 2.32. The predicted molar refractivity (Wildman–Crippen MR) is 90.2 cm³/mol. The Morgan fingerprint density at radius 1 is 1.04 bits per heavy atom. The van der Waals surface area contributed by atoms with Crippen LogP contribution in [0.5, 0.6) is 0 Å². The van der Waals surface area contributed by atoms with E-state index in [0.717, 1.165) is 5.56 Å². The van der Waals surface area contributed by atoms with E-state index in [1.807, 2.05) is 0 Å². The Hall–Kier alpha value is -3.49. The maximum atomic E-state index is 12.9. The lowest BCUT2D eigenvalue weighted by molar-refractivity contribution is -0.116. The van der Waals surface area contributed by atoms with Crippen molar-refractivity contribution in [1.82, 2.24) is 19.6 Å². The van der Waals surface area contributed by atoms with E-state index in [0.29, 0.717) is 12.4 Å². The summed E-state index contributed by atoms with van der Waals surface area (Å²) < 4.78 is 15.9. The Labute approximate surface area is 147 Å². The highest BCUT2D eigenvalue weighted by Crippen LogP contribution is 2.08. The summed E-state index contributed by atoms with van der Waals surface area (Å²) in [6, 6.07) is 9.14. The van der Waals surface area contributed by atoms with Crippen LogP contribution in [-0.2, 0) is 17.9 Å². The lowest BCUT2D eigenvalue weighted by atomic mass is 10.2. The van der Waals surface area contributed by atoms with Crippen LogP contribution in [0.15, 0.2) is 48.8 Å². The molecule has 2 heterocycles. The van der Waals surface area contributed by atoms with E-state index in [9.17, 15) is 14.0 Å². The van der Waals surface area contributed by atoms with Gasteiger partial charge in [0.05, 0.1) is 6.54 Å². The molecule has 0 bridgehead atoms. The van der Waals surface area contributed by atoms with Gasteiger partial charge in [-0.3, -0.25) is 14.2 Å². The van der Waals surface area contributed by atoms with Crippen molar-refractivity contribution < 1.29 is 19.1 Å². The number of aromatic carboxylic acids is 1. The van der Waals surface area contributed by atoms with Gasteiger partial charge in [0.2, 0.25) is 5.91 Å². The molecule has 3 aromatic rings. The normalized spacial score (nSPS) is 10.7. The topological polar surface area (TPSA) is 102 Å². The van der Waals surface area contributed by atoms with E-state index >= 15 is 0 Å². The van der Waals surface area contributed by atoms with Gasteiger partial charge in [-0.2, -0.15) is 10.2 Å². The van der Waals surface area contributed by atoms with Gasteiger partial charge < -0.3 is 10.4 Å². The van der Waals surface area contributed by atoms with Gasteiger partial charge in [0.15, 0.2) is 11.5 Å². The zero-order valence-corrected chi connectivity index (χ0v) is 13.7. The molecule has 9 heteroatoms. The number of nitrogens with one attached hydrogen (secondary N) is 1. The molecule has 0 saturated heterocycles. The third-order valence-corrected chi connectivity index (χ3v) is 3.59. The molecule has 0 aliphatic heterocycles. The largest absolute Gasteiger partial charge is 0.476 e. The van der Waals surface area contributed by atoms with E-state index in [4.69, 9.17) is 5.11 Å². The van der Waals surface area contributed by atoms with Gasteiger partial charge >= 0.3 is 5.97 Å². The molecule has 3 rings (SSSR count). The van der Waals surface area contributed by atoms with Crippen LogP contribution in [0.4, 0.5) is 10.2 Å². The van der Waals surface area contributed by atoms with Crippen LogP contribution in [0.3, 0.4) is 0 Å². The van der Waals surface area contributed by atoms with Crippen molar-refractivity contribution in [2.24, 2.45) is 0 Å². The lowest BCUT2D eigenvalue weighted by Gasteiger charge is -2.04. The van der Waals surface area contributed by atoms with E-state index in [-0.39, 0.29) is 30.4 Å². The number of anilines is 1. The Morgan fingerprint density at radius 2 is 1.77 bits per heavy atom. The van der Waals surface area contributed by atoms with Gasteiger partial charge in [0, 0.05) is 31.4 Å². The van der Waals surface area contributed by atoms with Crippen LogP contribution < -0.4 is 5.32 Å². The molecule has 2 aromatic heterocycles. The summed E-state index contributed by atoms with van der Waals surface area (Å²) in [5, 5.41) is 19.6. The van der Waals surface area contributed by atoms with E-state index in [1.165, 1.54) is 29.1 Å². The number of aryl methyl sites for hydroxylation is 1. The monoisotopic (exact) mass is 357 g/mol. The Bertz CT molecular complexity index is 917. The van der Waals surface area contributed by atoms with Crippen LogP contribution in [0.25, 0.3) is 0 Å². The summed E-state index contributed by atoms with van der Waals surface area (Å²) in [7, 11) is 0. The van der Waals surface area contributed by atoms with Crippen molar-refractivity contribution in [2.45, 2.75) is 19.5 Å². The molecule has 0 atom stereocenters. The lowest BCUT2D eigenvalue weighted by Crippen LogP contribution is -2.15. The average Bonchev–Trinajstić information content (AvgIpc) is 3.25. The standard InChI is InChI=1S/C17H16FN5O3/c18-13-3-1-12(2-4-13)11-23-9-6-15(21-23)19-16(24)7-10-22-8-5-14(20-22)17(25)26/h1-6,8-9H,7,10-11H2,(H,25,26)(H,19,21,24). The number of halogens is 1. The van der Waals surface area contributed by atoms with Crippen molar-refractivity contribution in [1.29, 1.82) is 0 Å². The fraction of sp³-hybridized carbons (Fsp3) is 0.176. The minimum absolute atomic E-state index is 0.0649. The third-order valence-electron chi connectivity index (χ3n) is 3.59. The van der Waals surface area contributed by atoms with Gasteiger partial charge in [0.1, 0.15) is 5.82 Å². The smallest absolute Gasteiger partial charge is 0.356 e. The molecule has 0 aliphatic carbocycles. The highest BCUT2D eigenvalue weighted by atomic mass is 19.1. The molecule has 2 N–H and O–H groups in total. The molecular formula is C17H16FN5O3. The maximum Gasteiger partial charge on any atom is 0.356 e. The van der Waals surface area contributed by atoms with Crippen LogP contribution >= 0.6 is 0 Å². The van der Waals surface area contributed by atoms with Crippen LogP contribution in [0.1, 0.15) is 22.5 Å². The highest BCUT2D eigenvalue weighted by molar-refractivity contribution is 5.89. The van der Waals surface area contributed by atoms with Gasteiger partial charge in [-0.1, -0.05) is 12.1 Å². The van der Waals surface area contributed by atoms with E-state index in [2.05, 4.69) is 15.5 Å². The van der Waals surface area contributed by atoms with Crippen LogP contribution in [0.2, 0.25) is 0 Å². The number of carboxylic acids is 1. The first-order valence-electron chi connectivity index (χ1n) is 7.84. The minimum atomic E-state index is -1.11. The highest BCUT2D eigenvalue weighted by Gasteiger charge is 2.09. The first-order chi connectivity index (χ1) is 12.5. The Balaban J connectivity index is 1.50. The molecule has 1 aromatic carbocycles. The molecule has 0 saturated carbocycles. The van der Waals surface area contributed by atoms with Gasteiger partial charge in [0.25, 0.3) is 0 Å². The number of carboxylic acid groups (broad SMARTS) is 1. The number of benzene rings is 1. The molecule has 1 amide bonds. The van der Waals surface area contributed by atoms with Crippen LogP contribution in [-0.4, -0.2) is 36.5 Å². The summed E-state index contributed by atoms with van der Waals surface area (Å²) in [6.07, 6.45) is 3.35. The number of carbonyl (C=O) groups excluding carboxylic acids is 1. The van der Waals surface area contributed by atoms with Crippen LogP contribution in [0, 0.1) is 5.82 Å². The zero-order valence-electron chi connectivity index (χ0n) is 13.7. The number of amides is 1. The molecule has 0 fully saturated rings. The summed E-state index contributed by atoms with van der Waals surface area (Å²) in [6.45, 7) is 0.719. The van der Waals surface area contributed by atoms with Gasteiger partial charge in [-0.05, 0) is 23.8 Å². The molecular weight excluding hydrogens is 341 g/mol. The fourth-order valence-electron chi connectivity index (χ4n) is 2.32. The third kappa shape index (κ3) is 4.53. The first-order valence-corrected chi connectivity index (χ1v) is 7.84. The minimum Gasteiger partial charge on any atom is -0.476 e. The second kappa shape index (κ2) is 7.60. The second-order valence-electron chi connectivity index (χ2n) is 5.59. The predicted octanol–water partition coefficient (Wildman–Crippen LogP) is 1.99. The summed E-state index contributed by atoms with van der Waals surface area (Å²) >= 11 is 0. The van der Waals surface area contributed by atoms with E-state index < -0.39 is 5.97 Å². The number of aromatic nitrogens is 4. The van der Waals surface area contributed by atoms with Crippen molar-refractivity contribution in [3.05, 3.63) is 65.9 Å². The van der Waals surface area contributed by atoms with Crippen molar-refractivity contribution >= 4 is 17.7 Å². The Morgan fingerprint density at radius 3 is 2.46 bits per heavy atom. The number of rotatable bonds is 7. The number of carbonyl (C=O) groups is 2. The SMILES string of the molecule is O=C(CCn1ccc(C(=O)O)n1)Nc1ccn(Cc2ccc(F)cc2)n1. The van der Waals surface area contributed by atoms with Gasteiger partial charge in [-0.15, -0.1) is 0 Å². The molecule has 0 aliphatic rings. The number of hydrogen-bond acceptors (Lipinski definition) is 4. The maximum absolute atomic E-state index is 12.9. The number of hydrogen-bond donors (Lipinski definition) is 2. The Kier molecular flexibility index (Phi) is 5.07. The second-order valence-corrected chi connectivity index (χ2v) is 5.59. The molecule has 0 spiro atoms. The molecule has 0 unspecified atom stereocenters. The van der Waals surface area contributed by atoms with Crippen molar-refractivity contribution in [2.75, 3.05) is 5.32 Å². The van der Waals surface area contributed by atoms with Crippen molar-refractivity contribution in [3.8, 4) is 0 Å². The summed E-state index contributed by atoms with van der Waals surface area (Å²) in [5.74, 6) is -1.26. The van der Waals surface area contributed by atoms with Gasteiger partial charge in [-0.25, -0.2) is 9.18 Å². The molecule has 26 heavy (non-hydrogen) atoms.